The predicted molar refractivity (Wildman–Crippen MR) is 82.2 cm³/mol. The third-order valence-corrected chi connectivity index (χ3v) is 4.14. The van der Waals surface area contributed by atoms with Gasteiger partial charge in [0, 0.05) is 6.04 Å². The van der Waals surface area contributed by atoms with Gasteiger partial charge in [-0.25, -0.2) is 0 Å². The van der Waals surface area contributed by atoms with Crippen molar-refractivity contribution in [2.24, 2.45) is 17.6 Å². The summed E-state index contributed by atoms with van der Waals surface area (Å²) in [5.41, 5.74) is 6.98. The molecule has 1 fully saturated rings. The van der Waals surface area contributed by atoms with Crippen LogP contribution in [0.4, 0.5) is 0 Å². The lowest BCUT2D eigenvalue weighted by atomic mass is 9.82. The molecule has 0 heterocycles. The molecule has 3 atom stereocenters. The van der Waals surface area contributed by atoms with Crippen LogP contribution >= 0.6 is 0 Å². The van der Waals surface area contributed by atoms with Crippen LogP contribution in [0.1, 0.15) is 51.6 Å². The fraction of sp³-hybridized carbons (Fsp3) is 0.647. The molecule has 112 valence electrons. The molecule has 3 heteroatoms. The molecule has 0 amide bonds. The van der Waals surface area contributed by atoms with Crippen molar-refractivity contribution in [2.45, 2.75) is 52.2 Å². The lowest BCUT2D eigenvalue weighted by molar-refractivity contribution is 0.0979. The Labute approximate surface area is 122 Å². The number of nitrogens with two attached hydrogens (primary N) is 1. The summed E-state index contributed by atoms with van der Waals surface area (Å²) >= 11 is 0. The van der Waals surface area contributed by atoms with Gasteiger partial charge in [-0.1, -0.05) is 19.9 Å². The fourth-order valence-electron chi connectivity index (χ4n) is 3.21. The van der Waals surface area contributed by atoms with Crippen molar-refractivity contribution < 1.29 is 9.47 Å². The third kappa shape index (κ3) is 3.66. The van der Waals surface area contributed by atoms with Crippen LogP contribution in [0.3, 0.4) is 0 Å². The zero-order chi connectivity index (χ0) is 14.7. The molecule has 0 spiro atoms. The van der Waals surface area contributed by atoms with E-state index in [1.165, 1.54) is 6.42 Å². The highest BCUT2D eigenvalue weighted by Crippen LogP contribution is 2.35. The molecule has 0 saturated heterocycles. The van der Waals surface area contributed by atoms with E-state index in [1.54, 1.807) is 7.11 Å². The van der Waals surface area contributed by atoms with E-state index >= 15 is 0 Å². The zero-order valence-corrected chi connectivity index (χ0v) is 13.1. The zero-order valence-electron chi connectivity index (χ0n) is 13.1. The van der Waals surface area contributed by atoms with Gasteiger partial charge in [0.05, 0.1) is 13.2 Å². The smallest absolute Gasteiger partial charge is 0.161 e. The summed E-state index contributed by atoms with van der Waals surface area (Å²) in [6.45, 7) is 6.59. The summed E-state index contributed by atoms with van der Waals surface area (Å²) in [6.07, 6.45) is 3.86. The van der Waals surface area contributed by atoms with E-state index in [4.69, 9.17) is 15.2 Å². The Morgan fingerprint density at radius 3 is 2.30 bits per heavy atom. The highest BCUT2D eigenvalue weighted by molar-refractivity contribution is 5.43. The SMILES string of the molecule is COc1cc([C@H](C)N)ccc1OC1CC(C)CC(C)C1. The van der Waals surface area contributed by atoms with Crippen molar-refractivity contribution in [2.75, 3.05) is 7.11 Å². The number of methoxy groups -OCH3 is 1. The van der Waals surface area contributed by atoms with Gasteiger partial charge in [-0.2, -0.15) is 0 Å². The van der Waals surface area contributed by atoms with Crippen LogP contribution in [0.15, 0.2) is 18.2 Å². The Morgan fingerprint density at radius 1 is 1.10 bits per heavy atom. The maximum atomic E-state index is 6.19. The minimum atomic E-state index is 0.00711. The molecule has 0 aliphatic heterocycles. The van der Waals surface area contributed by atoms with Crippen molar-refractivity contribution in [1.29, 1.82) is 0 Å². The van der Waals surface area contributed by atoms with Crippen LogP contribution < -0.4 is 15.2 Å². The van der Waals surface area contributed by atoms with Crippen molar-refractivity contribution in [3.8, 4) is 11.5 Å². The predicted octanol–water partition coefficient (Wildman–Crippen LogP) is 3.92. The molecule has 2 unspecified atom stereocenters. The molecule has 1 saturated carbocycles. The first kappa shape index (κ1) is 15.2. The van der Waals surface area contributed by atoms with E-state index < -0.39 is 0 Å². The quantitative estimate of drug-likeness (QED) is 0.907. The van der Waals surface area contributed by atoms with Gasteiger partial charge in [-0.15, -0.1) is 0 Å². The van der Waals surface area contributed by atoms with Crippen molar-refractivity contribution in [3.05, 3.63) is 23.8 Å². The maximum Gasteiger partial charge on any atom is 0.161 e. The van der Waals surface area contributed by atoms with Gasteiger partial charge in [-0.05, 0) is 55.7 Å². The molecule has 20 heavy (non-hydrogen) atoms. The number of rotatable bonds is 4. The molecule has 1 aromatic rings. The van der Waals surface area contributed by atoms with E-state index in [9.17, 15) is 0 Å². The van der Waals surface area contributed by atoms with Gasteiger partial charge < -0.3 is 15.2 Å². The lowest BCUT2D eigenvalue weighted by Gasteiger charge is -2.32. The first-order valence-electron chi connectivity index (χ1n) is 7.59. The van der Waals surface area contributed by atoms with E-state index in [0.717, 1.165) is 41.7 Å². The van der Waals surface area contributed by atoms with E-state index in [2.05, 4.69) is 13.8 Å². The highest BCUT2D eigenvalue weighted by atomic mass is 16.5. The molecule has 0 aromatic heterocycles. The Hall–Kier alpha value is -1.22. The van der Waals surface area contributed by atoms with Crippen LogP contribution in [-0.4, -0.2) is 13.2 Å². The normalized spacial score (nSPS) is 27.9. The maximum absolute atomic E-state index is 6.19. The van der Waals surface area contributed by atoms with E-state index in [0.29, 0.717) is 6.10 Å². The first-order chi connectivity index (χ1) is 9.49. The summed E-state index contributed by atoms with van der Waals surface area (Å²) in [5, 5.41) is 0. The average Bonchev–Trinajstić information content (AvgIpc) is 2.37. The van der Waals surface area contributed by atoms with Crippen molar-refractivity contribution in [1.82, 2.24) is 0 Å². The second-order valence-corrected chi connectivity index (χ2v) is 6.36. The second kappa shape index (κ2) is 6.49. The number of ether oxygens (including phenoxy) is 2. The lowest BCUT2D eigenvalue weighted by Crippen LogP contribution is -2.28. The first-order valence-corrected chi connectivity index (χ1v) is 7.59. The topological polar surface area (TPSA) is 44.5 Å². The molecule has 2 rings (SSSR count). The number of benzene rings is 1. The highest BCUT2D eigenvalue weighted by Gasteiger charge is 2.26. The van der Waals surface area contributed by atoms with Gasteiger partial charge >= 0.3 is 0 Å². The van der Waals surface area contributed by atoms with Crippen molar-refractivity contribution in [3.63, 3.8) is 0 Å². The number of hydrogen-bond acceptors (Lipinski definition) is 3. The molecule has 3 nitrogen and oxygen atoms in total. The molecule has 0 radical (unpaired) electrons. The van der Waals surface area contributed by atoms with Gasteiger partial charge in [0.2, 0.25) is 0 Å². The van der Waals surface area contributed by atoms with Crippen LogP contribution in [0.25, 0.3) is 0 Å². The molecule has 0 bridgehead atoms. The Kier molecular flexibility index (Phi) is 4.92. The molecule has 1 aliphatic carbocycles. The summed E-state index contributed by atoms with van der Waals surface area (Å²) in [6, 6.07) is 6.00. The van der Waals surface area contributed by atoms with Gasteiger partial charge in [0.25, 0.3) is 0 Å². The monoisotopic (exact) mass is 277 g/mol. The molecular weight excluding hydrogens is 250 g/mol. The van der Waals surface area contributed by atoms with E-state index in [1.807, 2.05) is 25.1 Å². The summed E-state index contributed by atoms with van der Waals surface area (Å²) in [7, 11) is 1.68. The molecule has 1 aliphatic rings. The molecular formula is C17H27NO2. The molecule has 1 aromatic carbocycles. The largest absolute Gasteiger partial charge is 0.493 e. The molecule has 2 N–H and O–H groups in total. The van der Waals surface area contributed by atoms with Crippen molar-refractivity contribution >= 4 is 0 Å². The second-order valence-electron chi connectivity index (χ2n) is 6.36. The average molecular weight is 277 g/mol. The third-order valence-electron chi connectivity index (χ3n) is 4.14. The summed E-state index contributed by atoms with van der Waals surface area (Å²) in [5.74, 6) is 3.09. The summed E-state index contributed by atoms with van der Waals surface area (Å²) < 4.78 is 11.6. The van der Waals surface area contributed by atoms with Crippen LogP contribution in [-0.2, 0) is 0 Å². The van der Waals surface area contributed by atoms with E-state index in [-0.39, 0.29) is 6.04 Å². The van der Waals surface area contributed by atoms with Crippen LogP contribution in [0, 0.1) is 11.8 Å². The fourth-order valence-corrected chi connectivity index (χ4v) is 3.21. The Bertz CT molecular complexity index is 435. The van der Waals surface area contributed by atoms with Crippen LogP contribution in [0.5, 0.6) is 11.5 Å². The van der Waals surface area contributed by atoms with Gasteiger partial charge in [0.1, 0.15) is 0 Å². The number of hydrogen-bond donors (Lipinski definition) is 1. The Morgan fingerprint density at radius 2 is 1.75 bits per heavy atom. The van der Waals surface area contributed by atoms with Gasteiger partial charge in [-0.3, -0.25) is 0 Å². The van der Waals surface area contributed by atoms with Gasteiger partial charge in [0.15, 0.2) is 11.5 Å². The Balaban J connectivity index is 2.12. The van der Waals surface area contributed by atoms with Crippen LogP contribution in [0.2, 0.25) is 0 Å². The summed E-state index contributed by atoms with van der Waals surface area (Å²) in [4.78, 5) is 0. The minimum Gasteiger partial charge on any atom is -0.493 e. The minimum absolute atomic E-state index is 0.00711. The standard InChI is InChI=1S/C17H27NO2/c1-11-7-12(2)9-15(8-11)20-16-6-5-14(13(3)18)10-17(16)19-4/h5-6,10-13,15H,7-9,18H2,1-4H3/t11?,12?,13-,15?/m0/s1.